The van der Waals surface area contributed by atoms with Gasteiger partial charge in [-0.25, -0.2) is 14.2 Å². The van der Waals surface area contributed by atoms with Crippen LogP contribution in [0.4, 0.5) is 8.78 Å². The first-order chi connectivity index (χ1) is 9.02. The molecule has 1 unspecified atom stereocenters. The lowest BCUT2D eigenvalue weighted by molar-refractivity contribution is 0.558. The molecule has 0 aliphatic rings. The van der Waals surface area contributed by atoms with E-state index in [1.165, 1.54) is 24.3 Å². The summed E-state index contributed by atoms with van der Waals surface area (Å²) in [5, 5.41) is -0.0224. The van der Waals surface area contributed by atoms with Gasteiger partial charge in [-0.1, -0.05) is 35.4 Å². The molecule has 0 bridgehead atoms. The number of nitrogens with one attached hydrogen (secondary N) is 1. The van der Waals surface area contributed by atoms with Crippen LogP contribution in [-0.2, 0) is 0 Å². The van der Waals surface area contributed by atoms with E-state index in [0.717, 1.165) is 5.56 Å². The minimum atomic E-state index is -0.585. The molecule has 0 amide bonds. The number of nitrogens with two attached hydrogens (primary N) is 1. The van der Waals surface area contributed by atoms with Crippen LogP contribution in [-0.4, -0.2) is 0 Å². The van der Waals surface area contributed by atoms with Gasteiger partial charge in [0, 0.05) is 5.56 Å². The Labute approximate surface area is 115 Å². The van der Waals surface area contributed by atoms with Crippen LogP contribution in [0, 0.1) is 18.6 Å². The molecule has 0 saturated heterocycles. The van der Waals surface area contributed by atoms with Gasteiger partial charge < -0.3 is 0 Å². The number of benzene rings is 2. The van der Waals surface area contributed by atoms with Crippen molar-refractivity contribution in [2.45, 2.75) is 13.0 Å². The van der Waals surface area contributed by atoms with E-state index < -0.39 is 11.9 Å². The Kier molecular flexibility index (Phi) is 4.14. The minimum Gasteiger partial charge on any atom is -0.271 e. The molecule has 1 atom stereocenters. The summed E-state index contributed by atoms with van der Waals surface area (Å²) < 4.78 is 27.0. The van der Waals surface area contributed by atoms with E-state index in [4.69, 9.17) is 17.4 Å². The Hall–Kier alpha value is -1.49. The van der Waals surface area contributed by atoms with E-state index in [9.17, 15) is 8.78 Å². The summed E-state index contributed by atoms with van der Waals surface area (Å²) in [6.45, 7) is 1.86. The maximum Gasteiger partial charge on any atom is 0.141 e. The molecule has 100 valence electrons. The monoisotopic (exact) mass is 282 g/mol. The number of aryl methyl sites for hydroxylation is 1. The molecule has 0 aliphatic heterocycles. The average Bonchev–Trinajstić information content (AvgIpc) is 2.38. The first kappa shape index (κ1) is 13.9. The summed E-state index contributed by atoms with van der Waals surface area (Å²) in [5.74, 6) is 4.59. The fourth-order valence-corrected chi connectivity index (χ4v) is 2.13. The lowest BCUT2D eigenvalue weighted by Crippen LogP contribution is -2.29. The number of hydrogen-bond donors (Lipinski definition) is 2. The molecule has 0 aliphatic carbocycles. The van der Waals surface area contributed by atoms with Crippen LogP contribution >= 0.6 is 11.6 Å². The average molecular weight is 283 g/mol. The Morgan fingerprint density at radius 1 is 1.11 bits per heavy atom. The maximum absolute atomic E-state index is 13.9. The molecule has 3 N–H and O–H groups in total. The van der Waals surface area contributed by atoms with Crippen molar-refractivity contribution in [1.29, 1.82) is 0 Å². The van der Waals surface area contributed by atoms with Gasteiger partial charge in [-0.2, -0.15) is 0 Å². The van der Waals surface area contributed by atoms with Gasteiger partial charge in [0.05, 0.1) is 11.1 Å². The van der Waals surface area contributed by atoms with E-state index in [-0.39, 0.29) is 10.8 Å². The highest BCUT2D eigenvalue weighted by molar-refractivity contribution is 6.30. The smallest absolute Gasteiger partial charge is 0.141 e. The van der Waals surface area contributed by atoms with Crippen molar-refractivity contribution in [3.05, 3.63) is 69.7 Å². The molecule has 0 spiro atoms. The lowest BCUT2D eigenvalue weighted by atomic mass is 9.97. The first-order valence-electron chi connectivity index (χ1n) is 5.70. The quantitative estimate of drug-likeness (QED) is 0.668. The molecule has 0 aromatic heterocycles. The normalized spacial score (nSPS) is 12.5. The van der Waals surface area contributed by atoms with Crippen molar-refractivity contribution in [2.75, 3.05) is 0 Å². The van der Waals surface area contributed by atoms with Crippen LogP contribution in [0.5, 0.6) is 0 Å². The zero-order valence-corrected chi connectivity index (χ0v) is 11.0. The van der Waals surface area contributed by atoms with Crippen LogP contribution in [0.3, 0.4) is 0 Å². The Bertz CT molecular complexity index is 602. The van der Waals surface area contributed by atoms with Crippen molar-refractivity contribution in [3.8, 4) is 0 Å². The third-order valence-corrected chi connectivity index (χ3v) is 3.20. The molecule has 2 rings (SSSR count). The van der Waals surface area contributed by atoms with Crippen LogP contribution in [0.1, 0.15) is 22.7 Å². The number of hydrogen-bond acceptors (Lipinski definition) is 2. The second-order valence-corrected chi connectivity index (χ2v) is 4.71. The van der Waals surface area contributed by atoms with Gasteiger partial charge in [0.25, 0.3) is 0 Å². The highest BCUT2D eigenvalue weighted by Gasteiger charge is 2.17. The molecule has 0 radical (unpaired) electrons. The van der Waals surface area contributed by atoms with Crippen LogP contribution < -0.4 is 11.3 Å². The number of rotatable bonds is 3. The van der Waals surface area contributed by atoms with Gasteiger partial charge >= 0.3 is 0 Å². The molecule has 0 saturated carbocycles. The third-order valence-electron chi connectivity index (χ3n) is 2.91. The third kappa shape index (κ3) is 2.92. The van der Waals surface area contributed by atoms with E-state index in [1.54, 1.807) is 12.1 Å². The van der Waals surface area contributed by atoms with Crippen molar-refractivity contribution in [2.24, 2.45) is 5.84 Å². The van der Waals surface area contributed by atoms with Gasteiger partial charge in [0.2, 0.25) is 0 Å². The van der Waals surface area contributed by atoms with Gasteiger partial charge in [-0.3, -0.25) is 5.84 Å². The fourth-order valence-electron chi connectivity index (χ4n) is 1.94. The number of halogens is 3. The first-order valence-corrected chi connectivity index (χ1v) is 6.08. The summed E-state index contributed by atoms with van der Waals surface area (Å²) in [6.07, 6.45) is 0. The molecule has 19 heavy (non-hydrogen) atoms. The van der Waals surface area contributed by atoms with E-state index in [1.807, 2.05) is 6.92 Å². The molecular formula is C14H13ClF2N2. The standard InChI is InChI=1S/C14H13ClF2N2/c1-8-2-4-12(16)10(6-8)14(19-18)9-3-5-13(17)11(15)7-9/h2-7,14,19H,18H2,1H3. The molecule has 0 heterocycles. The summed E-state index contributed by atoms with van der Waals surface area (Å²) in [5.41, 5.74) is 4.42. The minimum absolute atomic E-state index is 0.0224. The second kappa shape index (κ2) is 5.65. The Balaban J connectivity index is 2.49. The second-order valence-electron chi connectivity index (χ2n) is 4.30. The fraction of sp³-hybridized carbons (Fsp3) is 0.143. The summed E-state index contributed by atoms with van der Waals surface area (Å²) in [7, 11) is 0. The Morgan fingerprint density at radius 2 is 1.79 bits per heavy atom. The molecule has 2 aromatic rings. The van der Waals surface area contributed by atoms with Crippen molar-refractivity contribution < 1.29 is 8.78 Å². The van der Waals surface area contributed by atoms with Crippen LogP contribution in [0.15, 0.2) is 36.4 Å². The highest BCUT2D eigenvalue weighted by atomic mass is 35.5. The van der Waals surface area contributed by atoms with Gasteiger partial charge in [-0.05, 0) is 30.7 Å². The zero-order chi connectivity index (χ0) is 14.0. The summed E-state index contributed by atoms with van der Waals surface area (Å²) in [4.78, 5) is 0. The predicted octanol–water partition coefficient (Wildman–Crippen LogP) is 3.48. The summed E-state index contributed by atoms with van der Waals surface area (Å²) in [6, 6.07) is 8.34. The molecule has 5 heteroatoms. The SMILES string of the molecule is Cc1ccc(F)c(C(NN)c2ccc(F)c(Cl)c2)c1. The number of hydrazine groups is 1. The highest BCUT2D eigenvalue weighted by Crippen LogP contribution is 2.27. The van der Waals surface area contributed by atoms with Crippen molar-refractivity contribution in [1.82, 2.24) is 5.43 Å². The van der Waals surface area contributed by atoms with Crippen LogP contribution in [0.2, 0.25) is 5.02 Å². The maximum atomic E-state index is 13.9. The molecule has 2 aromatic carbocycles. The topological polar surface area (TPSA) is 38.0 Å². The van der Waals surface area contributed by atoms with Gasteiger partial charge in [0.15, 0.2) is 0 Å². The van der Waals surface area contributed by atoms with Crippen molar-refractivity contribution >= 4 is 11.6 Å². The zero-order valence-electron chi connectivity index (χ0n) is 10.3. The molecule has 2 nitrogen and oxygen atoms in total. The molecular weight excluding hydrogens is 270 g/mol. The summed E-state index contributed by atoms with van der Waals surface area (Å²) >= 11 is 5.74. The van der Waals surface area contributed by atoms with Gasteiger partial charge in [0.1, 0.15) is 11.6 Å². The van der Waals surface area contributed by atoms with Crippen LogP contribution in [0.25, 0.3) is 0 Å². The predicted molar refractivity (Wildman–Crippen MR) is 71.7 cm³/mol. The van der Waals surface area contributed by atoms with Gasteiger partial charge in [-0.15, -0.1) is 0 Å². The van der Waals surface area contributed by atoms with E-state index in [0.29, 0.717) is 11.1 Å². The molecule has 0 fully saturated rings. The van der Waals surface area contributed by atoms with Crippen molar-refractivity contribution in [3.63, 3.8) is 0 Å². The van der Waals surface area contributed by atoms with E-state index >= 15 is 0 Å². The van der Waals surface area contributed by atoms with E-state index in [2.05, 4.69) is 5.43 Å². The lowest BCUT2D eigenvalue weighted by Gasteiger charge is -2.18. The Morgan fingerprint density at radius 3 is 2.42 bits per heavy atom. The largest absolute Gasteiger partial charge is 0.271 e.